The number of oxazole rings is 1. The third-order valence-corrected chi connectivity index (χ3v) is 5.90. The zero-order valence-electron chi connectivity index (χ0n) is 15.6. The highest BCUT2D eigenvalue weighted by Crippen LogP contribution is 2.52. The summed E-state index contributed by atoms with van der Waals surface area (Å²) >= 11 is 0. The summed E-state index contributed by atoms with van der Waals surface area (Å²) in [5, 5.41) is 2.87. The summed E-state index contributed by atoms with van der Waals surface area (Å²) in [5.74, 6) is 1.10. The number of amides is 1. The lowest BCUT2D eigenvalue weighted by atomic mass is 9.68. The van der Waals surface area contributed by atoms with Gasteiger partial charge in [0, 0.05) is 24.1 Å². The number of nitrogens with zero attached hydrogens (tertiary/aromatic N) is 2. The fourth-order valence-electron chi connectivity index (χ4n) is 4.63. The molecular weight excluding hydrogens is 360 g/mol. The SMILES string of the molecule is Cc1nc(C(=O)Nc2ccc3c(c2)C2(COC(N)=N2)C2CCCC[C@H]2O3)co1. The second-order valence-electron chi connectivity index (χ2n) is 7.63. The first-order chi connectivity index (χ1) is 13.5. The number of ether oxygens (including phenoxy) is 2. The van der Waals surface area contributed by atoms with Crippen molar-refractivity contribution in [1.82, 2.24) is 4.98 Å². The molecule has 3 N–H and O–H groups in total. The van der Waals surface area contributed by atoms with Gasteiger partial charge >= 0.3 is 0 Å². The molecule has 1 fully saturated rings. The van der Waals surface area contributed by atoms with Crippen molar-refractivity contribution < 1.29 is 18.7 Å². The van der Waals surface area contributed by atoms with E-state index in [1.807, 2.05) is 18.2 Å². The molecule has 1 amide bonds. The molecule has 0 saturated heterocycles. The maximum absolute atomic E-state index is 12.5. The molecule has 146 valence electrons. The van der Waals surface area contributed by atoms with Gasteiger partial charge < -0.3 is 24.9 Å². The molecular formula is C20H22N4O4. The fourth-order valence-corrected chi connectivity index (χ4v) is 4.63. The van der Waals surface area contributed by atoms with Gasteiger partial charge in [0.15, 0.2) is 11.6 Å². The maximum Gasteiger partial charge on any atom is 0.283 e. The number of aryl methyl sites for hydroxylation is 1. The number of rotatable bonds is 2. The summed E-state index contributed by atoms with van der Waals surface area (Å²) in [6, 6.07) is 5.83. The number of amidine groups is 1. The van der Waals surface area contributed by atoms with Crippen LogP contribution in [0.1, 0.15) is 47.6 Å². The molecule has 0 radical (unpaired) electrons. The molecule has 2 unspecified atom stereocenters. The first-order valence-corrected chi connectivity index (χ1v) is 9.58. The summed E-state index contributed by atoms with van der Waals surface area (Å²) < 4.78 is 17.0. The highest BCUT2D eigenvalue weighted by Gasteiger charge is 2.54. The number of nitrogens with one attached hydrogen (secondary N) is 1. The fraction of sp³-hybridized carbons (Fsp3) is 0.450. The Balaban J connectivity index is 1.52. The third-order valence-electron chi connectivity index (χ3n) is 5.90. The summed E-state index contributed by atoms with van der Waals surface area (Å²) in [5.41, 5.74) is 7.14. The molecule has 3 atom stereocenters. The minimum absolute atomic E-state index is 0.109. The van der Waals surface area contributed by atoms with Crippen molar-refractivity contribution in [2.75, 3.05) is 11.9 Å². The quantitative estimate of drug-likeness (QED) is 0.826. The predicted molar refractivity (Wildman–Crippen MR) is 101 cm³/mol. The Hall–Kier alpha value is -3.03. The van der Waals surface area contributed by atoms with E-state index in [1.54, 1.807) is 6.92 Å². The largest absolute Gasteiger partial charge is 0.490 e. The van der Waals surface area contributed by atoms with Crippen LogP contribution >= 0.6 is 0 Å². The van der Waals surface area contributed by atoms with Crippen molar-refractivity contribution in [3.05, 3.63) is 41.6 Å². The van der Waals surface area contributed by atoms with Crippen LogP contribution in [0.15, 0.2) is 33.9 Å². The van der Waals surface area contributed by atoms with Crippen LogP contribution in [0.2, 0.25) is 0 Å². The molecule has 2 aromatic rings. The van der Waals surface area contributed by atoms with Crippen molar-refractivity contribution in [2.45, 2.75) is 44.2 Å². The van der Waals surface area contributed by atoms with E-state index in [2.05, 4.69) is 10.3 Å². The topological polar surface area (TPSA) is 112 Å². The zero-order valence-corrected chi connectivity index (χ0v) is 15.6. The van der Waals surface area contributed by atoms with Crippen LogP contribution in [0.25, 0.3) is 0 Å². The molecule has 2 aliphatic heterocycles. The van der Waals surface area contributed by atoms with E-state index in [0.29, 0.717) is 18.2 Å². The van der Waals surface area contributed by atoms with E-state index in [0.717, 1.165) is 37.0 Å². The Morgan fingerprint density at radius 1 is 1.32 bits per heavy atom. The number of aliphatic imine (C=N–C) groups is 1. The van der Waals surface area contributed by atoms with E-state index < -0.39 is 5.54 Å². The molecule has 8 nitrogen and oxygen atoms in total. The smallest absolute Gasteiger partial charge is 0.283 e. The Bertz CT molecular complexity index is 969. The molecule has 5 rings (SSSR count). The summed E-state index contributed by atoms with van der Waals surface area (Å²) in [6.45, 7) is 2.09. The molecule has 1 aromatic heterocycles. The van der Waals surface area contributed by atoms with Gasteiger partial charge in [-0.3, -0.25) is 4.79 Å². The number of carbonyl (C=O) groups is 1. The van der Waals surface area contributed by atoms with E-state index in [9.17, 15) is 4.79 Å². The average Bonchev–Trinajstić information content (AvgIpc) is 3.29. The normalized spacial score (nSPS) is 28.0. The molecule has 0 bridgehead atoms. The van der Waals surface area contributed by atoms with Crippen LogP contribution < -0.4 is 15.8 Å². The number of hydrogen-bond acceptors (Lipinski definition) is 7. The van der Waals surface area contributed by atoms with Gasteiger partial charge in [-0.1, -0.05) is 6.42 Å². The number of carbonyl (C=O) groups excluding carboxylic acids is 1. The van der Waals surface area contributed by atoms with Gasteiger partial charge in [-0.25, -0.2) is 9.98 Å². The van der Waals surface area contributed by atoms with Crippen LogP contribution in [0.4, 0.5) is 5.69 Å². The molecule has 3 aliphatic rings. The van der Waals surface area contributed by atoms with Gasteiger partial charge in [0.2, 0.25) is 0 Å². The van der Waals surface area contributed by atoms with Gasteiger partial charge in [0.05, 0.1) is 0 Å². The van der Waals surface area contributed by atoms with Crippen molar-refractivity contribution in [2.24, 2.45) is 16.6 Å². The molecule has 1 aromatic carbocycles. The van der Waals surface area contributed by atoms with Gasteiger partial charge in [-0.05, 0) is 37.5 Å². The second-order valence-corrected chi connectivity index (χ2v) is 7.63. The van der Waals surface area contributed by atoms with Crippen LogP contribution in [0.3, 0.4) is 0 Å². The van der Waals surface area contributed by atoms with Crippen LogP contribution in [0, 0.1) is 12.8 Å². The van der Waals surface area contributed by atoms with Gasteiger partial charge in [-0.15, -0.1) is 0 Å². The number of fused-ring (bicyclic) bond motifs is 4. The van der Waals surface area contributed by atoms with Crippen LogP contribution in [-0.4, -0.2) is 29.6 Å². The zero-order chi connectivity index (χ0) is 19.3. The Labute approximate surface area is 162 Å². The number of hydrogen-bond donors (Lipinski definition) is 2. The first kappa shape index (κ1) is 17.1. The minimum Gasteiger partial charge on any atom is -0.490 e. The Morgan fingerprint density at radius 3 is 2.93 bits per heavy atom. The van der Waals surface area contributed by atoms with Gasteiger partial charge in [0.25, 0.3) is 11.9 Å². The monoisotopic (exact) mass is 382 g/mol. The summed E-state index contributed by atoms with van der Waals surface area (Å²) in [4.78, 5) is 21.3. The lowest BCUT2D eigenvalue weighted by molar-refractivity contribution is 0.00746. The van der Waals surface area contributed by atoms with E-state index >= 15 is 0 Å². The molecule has 28 heavy (non-hydrogen) atoms. The Kier molecular flexibility index (Phi) is 3.82. The molecule has 1 aliphatic carbocycles. The average molecular weight is 382 g/mol. The second kappa shape index (κ2) is 6.25. The maximum atomic E-state index is 12.5. The Morgan fingerprint density at radius 2 is 2.18 bits per heavy atom. The summed E-state index contributed by atoms with van der Waals surface area (Å²) in [6.07, 6.45) is 5.76. The molecule has 8 heteroatoms. The van der Waals surface area contributed by atoms with Crippen LogP contribution in [0.5, 0.6) is 5.75 Å². The first-order valence-electron chi connectivity index (χ1n) is 9.58. The third kappa shape index (κ3) is 2.63. The van der Waals surface area contributed by atoms with Crippen molar-refractivity contribution in [3.8, 4) is 5.75 Å². The number of benzene rings is 1. The van der Waals surface area contributed by atoms with Gasteiger partial charge in [0.1, 0.15) is 30.3 Å². The number of aromatic nitrogens is 1. The summed E-state index contributed by atoms with van der Waals surface area (Å²) in [7, 11) is 0. The lowest BCUT2D eigenvalue weighted by Gasteiger charge is -2.46. The molecule has 1 saturated carbocycles. The molecule has 1 spiro atoms. The molecule has 3 heterocycles. The minimum atomic E-state index is -0.562. The highest BCUT2D eigenvalue weighted by molar-refractivity contribution is 6.02. The predicted octanol–water partition coefficient (Wildman–Crippen LogP) is 2.73. The van der Waals surface area contributed by atoms with Crippen molar-refractivity contribution in [3.63, 3.8) is 0 Å². The van der Waals surface area contributed by atoms with Crippen LogP contribution in [-0.2, 0) is 10.3 Å². The van der Waals surface area contributed by atoms with Crippen molar-refractivity contribution in [1.29, 1.82) is 0 Å². The van der Waals surface area contributed by atoms with E-state index in [1.165, 1.54) is 6.26 Å². The standard InChI is InChI=1S/C20H22N4O4/c1-11-22-15(9-26-11)18(25)23-12-6-7-17-14(8-12)20(10-27-19(21)24-20)13-4-2-3-5-16(13)28-17/h6-9,13,16H,2-5,10H2,1H3,(H2,21,24)(H,23,25)/t13?,16-,20?/m1/s1. The highest BCUT2D eigenvalue weighted by atomic mass is 16.5. The van der Waals surface area contributed by atoms with Crippen molar-refractivity contribution >= 4 is 17.6 Å². The van der Waals surface area contributed by atoms with E-state index in [4.69, 9.17) is 24.6 Å². The lowest BCUT2D eigenvalue weighted by Crippen LogP contribution is -2.49. The van der Waals surface area contributed by atoms with E-state index in [-0.39, 0.29) is 29.6 Å². The number of anilines is 1. The van der Waals surface area contributed by atoms with Gasteiger partial charge in [-0.2, -0.15) is 0 Å². The number of nitrogens with two attached hydrogens (primary N) is 1.